The first-order chi connectivity index (χ1) is 10.5. The first kappa shape index (κ1) is 15.4. The Bertz CT molecular complexity index is 732. The van der Waals surface area contributed by atoms with E-state index in [-0.39, 0.29) is 5.97 Å². The van der Waals surface area contributed by atoms with Crippen molar-refractivity contribution in [3.8, 4) is 0 Å². The number of esters is 1. The van der Waals surface area contributed by atoms with E-state index >= 15 is 0 Å². The lowest BCUT2D eigenvalue weighted by molar-refractivity contribution is -0.142. The van der Waals surface area contributed by atoms with Gasteiger partial charge in [0.15, 0.2) is 0 Å². The highest BCUT2D eigenvalue weighted by molar-refractivity contribution is 7.97. The maximum absolute atomic E-state index is 12.7. The second-order valence-electron chi connectivity index (χ2n) is 4.94. The van der Waals surface area contributed by atoms with Crippen molar-refractivity contribution in [3.63, 3.8) is 0 Å². The second-order valence-corrected chi connectivity index (χ2v) is 7.77. The van der Waals surface area contributed by atoms with Crippen molar-refractivity contribution in [2.24, 2.45) is 0 Å². The third-order valence-corrected chi connectivity index (χ3v) is 6.93. The lowest BCUT2D eigenvalue weighted by Gasteiger charge is -2.23. The number of hydrogen-bond acceptors (Lipinski definition) is 4. The van der Waals surface area contributed by atoms with Crippen LogP contribution in [0.2, 0.25) is 0 Å². The summed E-state index contributed by atoms with van der Waals surface area (Å²) in [6.07, 6.45) is 0. The molecule has 2 aromatic rings. The Balaban J connectivity index is 2.08. The lowest BCUT2D eigenvalue weighted by Crippen LogP contribution is -2.20. The summed E-state index contributed by atoms with van der Waals surface area (Å²) in [7, 11) is 1.33. The first-order valence-electron chi connectivity index (χ1n) is 6.69. The molecule has 114 valence electrons. The Morgan fingerprint density at radius 1 is 1.00 bits per heavy atom. The Morgan fingerprint density at radius 2 is 1.55 bits per heavy atom. The van der Waals surface area contributed by atoms with Crippen LogP contribution in [-0.4, -0.2) is 22.2 Å². The maximum atomic E-state index is 12.7. The standard InChI is InChI=1S/C16H14O4S2/c1-10(16(17)20-2)11-7-8-14-15(9-11)22(19)13-6-4-3-5-12(13)21(14)18/h3-10H,1-2H3. The van der Waals surface area contributed by atoms with Gasteiger partial charge in [0, 0.05) is 28.4 Å². The molecule has 0 aliphatic carbocycles. The van der Waals surface area contributed by atoms with Gasteiger partial charge in [-0.1, -0.05) is 18.2 Å². The molecule has 2 aromatic carbocycles. The molecule has 3 atom stereocenters. The van der Waals surface area contributed by atoms with Crippen LogP contribution in [0.3, 0.4) is 0 Å². The first-order valence-corrected chi connectivity index (χ1v) is 8.99. The highest BCUT2D eigenvalue weighted by Crippen LogP contribution is 2.41. The van der Waals surface area contributed by atoms with Crippen LogP contribution in [0.1, 0.15) is 18.4 Å². The van der Waals surface area contributed by atoms with Gasteiger partial charge in [-0.15, -0.1) is 0 Å². The molecule has 0 saturated carbocycles. The Labute approximate surface area is 134 Å². The molecule has 3 rings (SSSR count). The van der Waals surface area contributed by atoms with Gasteiger partial charge in [0.2, 0.25) is 19.6 Å². The number of benzene rings is 2. The molecule has 3 unspecified atom stereocenters. The van der Waals surface area contributed by atoms with Gasteiger partial charge >= 0.3 is 5.97 Å². The minimum Gasteiger partial charge on any atom is -0.606 e. The fraction of sp³-hybridized carbons (Fsp3) is 0.188. The summed E-state index contributed by atoms with van der Waals surface area (Å²) in [6.45, 7) is 1.73. The van der Waals surface area contributed by atoms with E-state index in [9.17, 15) is 13.9 Å². The third-order valence-electron chi connectivity index (χ3n) is 3.67. The van der Waals surface area contributed by atoms with Crippen LogP contribution in [0.4, 0.5) is 0 Å². The SMILES string of the molecule is COC(=O)C(C)c1ccc2c(c1)[S+]([O-])c1ccccc1[S+]2[O-]. The smallest absolute Gasteiger partial charge is 0.312 e. The molecule has 0 bridgehead atoms. The zero-order valence-corrected chi connectivity index (χ0v) is 13.7. The minimum absolute atomic E-state index is 0.358. The minimum atomic E-state index is -1.40. The molecule has 0 amide bonds. The van der Waals surface area contributed by atoms with E-state index in [1.165, 1.54) is 7.11 Å². The molecule has 1 aliphatic rings. The number of rotatable bonds is 2. The van der Waals surface area contributed by atoms with Gasteiger partial charge in [-0.25, -0.2) is 0 Å². The van der Waals surface area contributed by atoms with Gasteiger partial charge in [-0.2, -0.15) is 0 Å². The van der Waals surface area contributed by atoms with E-state index in [0.29, 0.717) is 25.1 Å². The summed E-state index contributed by atoms with van der Waals surface area (Å²) in [5, 5.41) is 0. The average Bonchev–Trinajstić information content (AvgIpc) is 2.57. The number of methoxy groups -OCH3 is 1. The van der Waals surface area contributed by atoms with Crippen molar-refractivity contribution in [2.75, 3.05) is 7.11 Å². The maximum Gasteiger partial charge on any atom is 0.312 e. The van der Waals surface area contributed by atoms with E-state index < -0.39 is 28.3 Å². The molecule has 6 heteroatoms. The van der Waals surface area contributed by atoms with Crippen LogP contribution >= 0.6 is 0 Å². The molecule has 1 aliphatic heterocycles. The van der Waals surface area contributed by atoms with E-state index in [2.05, 4.69) is 0 Å². The van der Waals surface area contributed by atoms with Crippen molar-refractivity contribution in [3.05, 3.63) is 48.0 Å². The van der Waals surface area contributed by atoms with Crippen molar-refractivity contribution in [1.82, 2.24) is 0 Å². The van der Waals surface area contributed by atoms with Gasteiger partial charge in [-0.3, -0.25) is 4.79 Å². The Kier molecular flexibility index (Phi) is 4.18. The summed E-state index contributed by atoms with van der Waals surface area (Å²) in [6, 6.07) is 12.1. The largest absolute Gasteiger partial charge is 0.606 e. The number of carbonyl (C=O) groups is 1. The van der Waals surface area contributed by atoms with Crippen LogP contribution < -0.4 is 0 Å². The van der Waals surface area contributed by atoms with Crippen LogP contribution in [0.15, 0.2) is 62.0 Å². The van der Waals surface area contributed by atoms with Gasteiger partial charge < -0.3 is 13.8 Å². The van der Waals surface area contributed by atoms with E-state index in [1.807, 2.05) is 0 Å². The van der Waals surface area contributed by atoms with Crippen molar-refractivity contribution in [2.45, 2.75) is 32.4 Å². The molecule has 0 saturated heterocycles. The summed E-state index contributed by atoms with van der Waals surface area (Å²) < 4.78 is 30.1. The molecule has 4 nitrogen and oxygen atoms in total. The predicted molar refractivity (Wildman–Crippen MR) is 82.7 cm³/mol. The molecule has 0 fully saturated rings. The third kappa shape index (κ3) is 2.42. The molecule has 0 radical (unpaired) electrons. The van der Waals surface area contributed by atoms with Crippen LogP contribution in [-0.2, 0) is 31.9 Å². The highest BCUT2D eigenvalue weighted by atomic mass is 32.2. The molecular formula is C16H14O4S2. The fourth-order valence-electron chi connectivity index (χ4n) is 2.40. The van der Waals surface area contributed by atoms with E-state index in [1.54, 1.807) is 49.4 Å². The molecule has 0 spiro atoms. The quantitative estimate of drug-likeness (QED) is 0.625. The monoisotopic (exact) mass is 334 g/mol. The van der Waals surface area contributed by atoms with E-state index in [0.717, 1.165) is 0 Å². The lowest BCUT2D eigenvalue weighted by atomic mass is 10.0. The molecule has 0 aromatic heterocycles. The fourth-order valence-corrected chi connectivity index (χ4v) is 5.61. The summed E-state index contributed by atoms with van der Waals surface area (Å²) in [5.74, 6) is -0.819. The summed E-state index contributed by atoms with van der Waals surface area (Å²) >= 11 is -2.75. The van der Waals surface area contributed by atoms with E-state index in [4.69, 9.17) is 4.74 Å². The Hall–Kier alpha value is -1.47. The second kappa shape index (κ2) is 5.96. The molecule has 22 heavy (non-hydrogen) atoms. The highest BCUT2D eigenvalue weighted by Gasteiger charge is 2.39. The van der Waals surface area contributed by atoms with Crippen LogP contribution in [0, 0.1) is 0 Å². The molecular weight excluding hydrogens is 320 g/mol. The zero-order chi connectivity index (χ0) is 15.9. The summed E-state index contributed by atoms with van der Waals surface area (Å²) in [5.41, 5.74) is 0.704. The number of ether oxygens (including phenoxy) is 1. The van der Waals surface area contributed by atoms with Gasteiger partial charge in [0.05, 0.1) is 13.0 Å². The normalized spacial score (nSPS) is 20.7. The topological polar surface area (TPSA) is 72.4 Å². The molecule has 0 N–H and O–H groups in total. The van der Waals surface area contributed by atoms with Gasteiger partial charge in [0.1, 0.15) is 0 Å². The predicted octanol–water partition coefficient (Wildman–Crippen LogP) is 2.61. The van der Waals surface area contributed by atoms with Gasteiger partial charge in [-0.05, 0) is 30.7 Å². The van der Waals surface area contributed by atoms with Crippen molar-refractivity contribution in [1.29, 1.82) is 0 Å². The van der Waals surface area contributed by atoms with Crippen LogP contribution in [0.25, 0.3) is 0 Å². The zero-order valence-electron chi connectivity index (χ0n) is 12.1. The summed E-state index contributed by atoms with van der Waals surface area (Å²) in [4.78, 5) is 13.9. The number of hydrogen-bond donors (Lipinski definition) is 0. The van der Waals surface area contributed by atoms with Crippen molar-refractivity contribution >= 4 is 28.3 Å². The van der Waals surface area contributed by atoms with Crippen molar-refractivity contribution < 1.29 is 18.6 Å². The number of carbonyl (C=O) groups excluding carboxylic acids is 1. The number of fused-ring (bicyclic) bond motifs is 2. The van der Waals surface area contributed by atoms with Crippen LogP contribution in [0.5, 0.6) is 0 Å². The molecule has 1 heterocycles. The Morgan fingerprint density at radius 3 is 2.14 bits per heavy atom. The average molecular weight is 334 g/mol. The van der Waals surface area contributed by atoms with Gasteiger partial charge in [0.25, 0.3) is 0 Å².